The summed E-state index contributed by atoms with van der Waals surface area (Å²) in [6.07, 6.45) is -0.989. The Morgan fingerprint density at radius 3 is 2.49 bits per heavy atom. The number of ether oxygens (including phenoxy) is 2. The second-order valence-corrected chi connectivity index (χ2v) is 11.9. The van der Waals surface area contributed by atoms with Crippen LogP contribution < -0.4 is 0 Å². The number of benzene rings is 1. The largest absolute Gasteiger partial charge is 0.416 e. The van der Waals surface area contributed by atoms with Crippen LogP contribution in [0.15, 0.2) is 18.2 Å². The highest BCUT2D eigenvalue weighted by Gasteiger charge is 2.56. The van der Waals surface area contributed by atoms with E-state index in [2.05, 4.69) is 0 Å². The number of alkyl halides is 3. The van der Waals surface area contributed by atoms with Gasteiger partial charge in [0.2, 0.25) is 0 Å². The minimum atomic E-state index is -4.64. The van der Waals surface area contributed by atoms with Gasteiger partial charge in [-0.05, 0) is 54.7 Å². The average Bonchev–Trinajstić information content (AvgIpc) is 3.14. The van der Waals surface area contributed by atoms with Crippen molar-refractivity contribution in [1.82, 2.24) is 4.98 Å². The molecule has 8 heteroatoms. The van der Waals surface area contributed by atoms with E-state index in [9.17, 15) is 18.3 Å². The molecule has 2 spiro atoms. The molecule has 2 aromatic rings. The van der Waals surface area contributed by atoms with Crippen LogP contribution in [0.25, 0.3) is 0 Å². The van der Waals surface area contributed by atoms with Gasteiger partial charge < -0.3 is 14.6 Å². The van der Waals surface area contributed by atoms with E-state index in [4.69, 9.17) is 14.5 Å². The topological polar surface area (TPSA) is 51.6 Å². The van der Waals surface area contributed by atoms with Gasteiger partial charge in [0.25, 0.3) is 0 Å². The summed E-state index contributed by atoms with van der Waals surface area (Å²) in [7, 11) is 0. The van der Waals surface area contributed by atoms with Gasteiger partial charge in [-0.2, -0.15) is 13.2 Å². The third kappa shape index (κ3) is 3.77. The molecule has 6 rings (SSSR count). The quantitative estimate of drug-likeness (QED) is 0.440. The Morgan fingerprint density at radius 2 is 1.89 bits per heavy atom. The summed E-state index contributed by atoms with van der Waals surface area (Å²) in [5.74, 6) is -1.07. The first kappa shape index (κ1) is 25.3. The average molecular weight is 520 g/mol. The summed E-state index contributed by atoms with van der Waals surface area (Å²) in [6.45, 7) is 6.95. The van der Waals surface area contributed by atoms with Crippen LogP contribution in [0.3, 0.4) is 0 Å². The molecule has 0 amide bonds. The molecule has 200 valence electrons. The van der Waals surface area contributed by atoms with Gasteiger partial charge in [-0.15, -0.1) is 0 Å². The Hall–Kier alpha value is -2.03. The van der Waals surface area contributed by atoms with Crippen molar-refractivity contribution in [1.29, 1.82) is 0 Å². The molecule has 0 radical (unpaired) electrons. The van der Waals surface area contributed by atoms with Crippen molar-refractivity contribution in [2.45, 2.75) is 89.2 Å². The summed E-state index contributed by atoms with van der Waals surface area (Å²) in [5.41, 5.74) is 2.33. The summed E-state index contributed by atoms with van der Waals surface area (Å²) in [6, 6.07) is 2.65. The van der Waals surface area contributed by atoms with Crippen LogP contribution >= 0.6 is 0 Å². The minimum Gasteiger partial charge on any atom is -0.388 e. The predicted octanol–water partition coefficient (Wildman–Crippen LogP) is 6.88. The molecule has 1 saturated heterocycles. The molecule has 1 aromatic carbocycles. The zero-order valence-corrected chi connectivity index (χ0v) is 21.4. The van der Waals surface area contributed by atoms with E-state index in [0.717, 1.165) is 54.3 Å². The van der Waals surface area contributed by atoms with E-state index >= 15 is 4.39 Å². The van der Waals surface area contributed by atoms with E-state index in [1.54, 1.807) is 0 Å². The van der Waals surface area contributed by atoms with Crippen molar-refractivity contribution >= 4 is 0 Å². The Bertz CT molecular complexity index is 1240. The first-order valence-corrected chi connectivity index (χ1v) is 13.3. The standard InChI is InChI=1S/C29H33F4NO3/c1-15(2)25-23-24(22-20(34-25)12-27(7-4-8-27)13-21(22)35)28(9-10-36-14-16(28)3)37-26(23)18-6-5-17(11-19(18)30)29(31,32)33/h5-6,11,15-16,21,26,35H,4,7-10,12-14H2,1-3H3. The lowest BCUT2D eigenvalue weighted by Gasteiger charge is -2.48. The van der Waals surface area contributed by atoms with Crippen molar-refractivity contribution in [3.63, 3.8) is 0 Å². The molecule has 0 bridgehead atoms. The fraction of sp³-hybridized carbons (Fsp3) is 0.621. The van der Waals surface area contributed by atoms with Crippen LogP contribution in [-0.2, 0) is 27.7 Å². The van der Waals surface area contributed by atoms with Crippen molar-refractivity contribution in [2.24, 2.45) is 11.3 Å². The Labute approximate surface area is 214 Å². The van der Waals surface area contributed by atoms with Gasteiger partial charge in [0.1, 0.15) is 17.5 Å². The highest BCUT2D eigenvalue weighted by molar-refractivity contribution is 5.55. The van der Waals surface area contributed by atoms with E-state index < -0.39 is 35.4 Å². The summed E-state index contributed by atoms with van der Waals surface area (Å²) < 4.78 is 67.9. The van der Waals surface area contributed by atoms with Crippen molar-refractivity contribution in [3.05, 3.63) is 63.2 Å². The highest BCUT2D eigenvalue weighted by Crippen LogP contribution is 2.61. The molecule has 2 aliphatic heterocycles. The molecule has 4 atom stereocenters. The van der Waals surface area contributed by atoms with E-state index in [0.29, 0.717) is 37.7 Å². The normalized spacial score (nSPS) is 30.5. The minimum absolute atomic E-state index is 0.0237. The molecule has 1 saturated carbocycles. The maximum Gasteiger partial charge on any atom is 0.416 e. The molecule has 37 heavy (non-hydrogen) atoms. The van der Waals surface area contributed by atoms with Gasteiger partial charge in [0, 0.05) is 47.0 Å². The molecule has 2 aliphatic carbocycles. The second-order valence-electron chi connectivity index (χ2n) is 11.9. The molecule has 1 aromatic heterocycles. The summed E-state index contributed by atoms with van der Waals surface area (Å²) in [4.78, 5) is 5.10. The zero-order valence-electron chi connectivity index (χ0n) is 21.4. The lowest BCUT2D eigenvalue weighted by molar-refractivity contribution is -0.158. The number of aliphatic hydroxyl groups excluding tert-OH is 1. The number of rotatable bonds is 2. The molecule has 4 unspecified atom stereocenters. The monoisotopic (exact) mass is 519 g/mol. The molecule has 3 heterocycles. The van der Waals surface area contributed by atoms with Gasteiger partial charge in [0.05, 0.1) is 18.3 Å². The van der Waals surface area contributed by atoms with E-state index in [1.807, 2.05) is 20.8 Å². The number of halogens is 4. The summed E-state index contributed by atoms with van der Waals surface area (Å²) >= 11 is 0. The number of fused-ring (bicyclic) bond motifs is 4. The SMILES string of the molecule is CC(C)c1nc2c(c3c1C(c1ccc(C(F)(F)F)cc1F)OC31CCOCC1C)C(O)CC1(CCC1)C2. The van der Waals surface area contributed by atoms with E-state index in [-0.39, 0.29) is 22.8 Å². The van der Waals surface area contributed by atoms with Gasteiger partial charge in [-0.1, -0.05) is 33.3 Å². The van der Waals surface area contributed by atoms with E-state index in [1.165, 1.54) is 6.07 Å². The van der Waals surface area contributed by atoms with Gasteiger partial charge >= 0.3 is 6.18 Å². The number of hydrogen-bond acceptors (Lipinski definition) is 4. The van der Waals surface area contributed by atoms with Crippen molar-refractivity contribution < 1.29 is 32.1 Å². The summed E-state index contributed by atoms with van der Waals surface area (Å²) in [5, 5.41) is 11.6. The Morgan fingerprint density at radius 1 is 1.14 bits per heavy atom. The first-order chi connectivity index (χ1) is 17.5. The molecular weight excluding hydrogens is 486 g/mol. The predicted molar refractivity (Wildman–Crippen MR) is 128 cm³/mol. The lowest BCUT2D eigenvalue weighted by Crippen LogP contribution is -2.44. The van der Waals surface area contributed by atoms with Gasteiger partial charge in [-0.3, -0.25) is 4.98 Å². The van der Waals surface area contributed by atoms with Crippen LogP contribution in [0.2, 0.25) is 0 Å². The third-order valence-corrected chi connectivity index (χ3v) is 9.25. The molecular formula is C29H33F4NO3. The highest BCUT2D eigenvalue weighted by atomic mass is 19.4. The van der Waals surface area contributed by atoms with Crippen LogP contribution in [0.5, 0.6) is 0 Å². The maximum atomic E-state index is 15.4. The number of pyridine rings is 1. The van der Waals surface area contributed by atoms with Gasteiger partial charge in [-0.25, -0.2) is 4.39 Å². The molecule has 4 aliphatic rings. The van der Waals surface area contributed by atoms with Crippen molar-refractivity contribution in [2.75, 3.05) is 13.2 Å². The maximum absolute atomic E-state index is 15.4. The number of nitrogens with zero attached hydrogens (tertiary/aromatic N) is 1. The Balaban J connectivity index is 1.60. The molecule has 4 nitrogen and oxygen atoms in total. The second kappa shape index (κ2) is 8.48. The smallest absolute Gasteiger partial charge is 0.388 e. The first-order valence-electron chi connectivity index (χ1n) is 13.3. The molecule has 2 fully saturated rings. The van der Waals surface area contributed by atoms with Crippen LogP contribution in [0, 0.1) is 17.2 Å². The Kier molecular flexibility index (Phi) is 5.79. The fourth-order valence-corrected chi connectivity index (χ4v) is 7.21. The number of aromatic nitrogens is 1. The van der Waals surface area contributed by atoms with Crippen LogP contribution in [0.4, 0.5) is 17.6 Å². The van der Waals surface area contributed by atoms with Crippen LogP contribution in [-0.4, -0.2) is 23.3 Å². The molecule has 1 N–H and O–H groups in total. The van der Waals surface area contributed by atoms with Gasteiger partial charge in [0.15, 0.2) is 0 Å². The third-order valence-electron chi connectivity index (χ3n) is 9.25. The number of aliphatic hydroxyl groups is 1. The van der Waals surface area contributed by atoms with Crippen LogP contribution in [0.1, 0.15) is 110 Å². The zero-order chi connectivity index (χ0) is 26.3. The lowest BCUT2D eigenvalue weighted by atomic mass is 9.58. The van der Waals surface area contributed by atoms with Crippen molar-refractivity contribution in [3.8, 4) is 0 Å². The fourth-order valence-electron chi connectivity index (χ4n) is 7.21. The number of hydrogen-bond donors (Lipinski definition) is 1.